The lowest BCUT2D eigenvalue weighted by atomic mass is 10.2. The van der Waals surface area contributed by atoms with E-state index in [4.69, 9.17) is 11.6 Å². The Balaban J connectivity index is 1.96. The molecule has 1 aromatic carbocycles. The normalized spacial score (nSPS) is 19.6. The Morgan fingerprint density at radius 2 is 2.09 bits per heavy atom. The highest BCUT2D eigenvalue weighted by atomic mass is 35.5. The number of halogens is 1. The maximum atomic E-state index is 13.0. The van der Waals surface area contributed by atoms with Crippen LogP contribution in [0.3, 0.4) is 0 Å². The van der Waals surface area contributed by atoms with Crippen LogP contribution in [0, 0.1) is 0 Å². The summed E-state index contributed by atoms with van der Waals surface area (Å²) in [7, 11) is -3.64. The Kier molecular flexibility index (Phi) is 4.73. The van der Waals surface area contributed by atoms with Crippen LogP contribution in [0.2, 0.25) is 5.02 Å². The van der Waals surface area contributed by atoms with Gasteiger partial charge >= 0.3 is 0 Å². The predicted molar refractivity (Wildman–Crippen MR) is 93.2 cm³/mol. The molecule has 1 aliphatic heterocycles. The molecule has 1 aliphatic rings. The minimum atomic E-state index is -3.64. The lowest BCUT2D eigenvalue weighted by Gasteiger charge is -2.23. The average molecular weight is 372 g/mol. The maximum absolute atomic E-state index is 13.0. The van der Waals surface area contributed by atoms with E-state index in [9.17, 15) is 8.42 Å². The van der Waals surface area contributed by atoms with E-state index in [2.05, 4.69) is 4.98 Å². The predicted octanol–water partition coefficient (Wildman–Crippen LogP) is 3.55. The van der Waals surface area contributed by atoms with E-state index in [0.717, 1.165) is 11.3 Å². The van der Waals surface area contributed by atoms with Gasteiger partial charge in [0.05, 0.1) is 11.7 Å². The summed E-state index contributed by atoms with van der Waals surface area (Å²) in [5, 5.41) is 0.364. The molecule has 3 rings (SSSR count). The number of benzene rings is 1. The van der Waals surface area contributed by atoms with Crippen LogP contribution in [-0.2, 0) is 10.0 Å². The number of sulfonamides is 1. The molecule has 1 saturated heterocycles. The fourth-order valence-electron chi connectivity index (χ4n) is 2.47. The Hall–Kier alpha value is -1.02. The summed E-state index contributed by atoms with van der Waals surface area (Å²) in [4.78, 5) is 4.10. The standard InChI is InChI=1S/C15H18ClN3O2S2/c1-11(2)18-9-14(17-10-18)23(20,21)19-7-8-22-15(19)12-5-3-4-6-13(12)16/h3-6,9-11,15H,7-8H2,1-2H3. The van der Waals surface area contributed by atoms with Gasteiger partial charge in [-0.3, -0.25) is 0 Å². The quantitative estimate of drug-likeness (QED) is 0.824. The highest BCUT2D eigenvalue weighted by Gasteiger charge is 2.38. The first-order valence-electron chi connectivity index (χ1n) is 7.32. The van der Waals surface area contributed by atoms with Crippen LogP contribution in [0.4, 0.5) is 0 Å². The summed E-state index contributed by atoms with van der Waals surface area (Å²) in [6.07, 6.45) is 3.15. The first-order chi connectivity index (χ1) is 10.9. The fraction of sp³-hybridized carbons (Fsp3) is 0.400. The lowest BCUT2D eigenvalue weighted by Crippen LogP contribution is -2.31. The van der Waals surface area contributed by atoms with Crippen molar-refractivity contribution < 1.29 is 8.42 Å². The largest absolute Gasteiger partial charge is 0.334 e. The van der Waals surface area contributed by atoms with Gasteiger partial charge in [0.1, 0.15) is 0 Å². The maximum Gasteiger partial charge on any atom is 0.263 e. The molecule has 0 saturated carbocycles. The van der Waals surface area contributed by atoms with Gasteiger partial charge in [0, 0.05) is 29.6 Å². The summed E-state index contributed by atoms with van der Waals surface area (Å²) in [5.41, 5.74) is 0.823. The van der Waals surface area contributed by atoms with E-state index in [0.29, 0.717) is 11.6 Å². The van der Waals surface area contributed by atoms with Crippen molar-refractivity contribution in [1.29, 1.82) is 0 Å². The molecule has 1 fully saturated rings. The molecule has 8 heteroatoms. The molecule has 2 heterocycles. The van der Waals surface area contributed by atoms with E-state index in [-0.39, 0.29) is 16.4 Å². The summed E-state index contributed by atoms with van der Waals surface area (Å²) in [6, 6.07) is 7.54. The highest BCUT2D eigenvalue weighted by molar-refractivity contribution is 8.01. The van der Waals surface area contributed by atoms with Crippen molar-refractivity contribution in [2.75, 3.05) is 12.3 Å². The van der Waals surface area contributed by atoms with Gasteiger partial charge in [-0.05, 0) is 25.5 Å². The molecule has 1 atom stereocenters. The SMILES string of the molecule is CC(C)n1cnc(S(=O)(=O)N2CCSC2c2ccccc2Cl)c1. The van der Waals surface area contributed by atoms with Gasteiger partial charge in [-0.15, -0.1) is 11.8 Å². The van der Waals surface area contributed by atoms with Crippen molar-refractivity contribution in [2.24, 2.45) is 0 Å². The Morgan fingerprint density at radius 1 is 1.35 bits per heavy atom. The van der Waals surface area contributed by atoms with E-state index in [1.165, 1.54) is 4.31 Å². The molecule has 0 amide bonds. The van der Waals surface area contributed by atoms with Crippen molar-refractivity contribution in [3.05, 3.63) is 47.4 Å². The number of thioether (sulfide) groups is 1. The zero-order valence-corrected chi connectivity index (χ0v) is 15.3. The Labute approximate surface area is 145 Å². The molecular weight excluding hydrogens is 354 g/mol. The van der Waals surface area contributed by atoms with Crippen molar-refractivity contribution >= 4 is 33.4 Å². The van der Waals surface area contributed by atoms with E-state index in [1.807, 2.05) is 32.0 Å². The average Bonchev–Trinajstić information content (AvgIpc) is 3.17. The number of hydrogen-bond donors (Lipinski definition) is 0. The van der Waals surface area contributed by atoms with Crippen LogP contribution in [-0.4, -0.2) is 34.6 Å². The molecule has 0 radical (unpaired) electrons. The molecule has 1 aromatic heterocycles. The Morgan fingerprint density at radius 3 is 2.74 bits per heavy atom. The number of rotatable bonds is 4. The molecular formula is C15H18ClN3O2S2. The molecule has 23 heavy (non-hydrogen) atoms. The fourth-order valence-corrected chi connectivity index (χ4v) is 5.97. The van der Waals surface area contributed by atoms with Crippen LogP contribution in [0.25, 0.3) is 0 Å². The van der Waals surface area contributed by atoms with Crippen LogP contribution in [0.1, 0.15) is 30.8 Å². The van der Waals surface area contributed by atoms with Crippen LogP contribution in [0.15, 0.2) is 41.8 Å². The van der Waals surface area contributed by atoms with Crippen molar-refractivity contribution in [1.82, 2.24) is 13.9 Å². The number of imidazole rings is 1. The monoisotopic (exact) mass is 371 g/mol. The van der Waals surface area contributed by atoms with Gasteiger partial charge in [-0.2, -0.15) is 4.31 Å². The van der Waals surface area contributed by atoms with Crippen molar-refractivity contribution in [3.8, 4) is 0 Å². The highest BCUT2D eigenvalue weighted by Crippen LogP contribution is 2.43. The second kappa shape index (κ2) is 6.47. The molecule has 2 aromatic rings. The van der Waals surface area contributed by atoms with E-state index in [1.54, 1.807) is 34.9 Å². The summed E-state index contributed by atoms with van der Waals surface area (Å²) in [6.45, 7) is 4.42. The van der Waals surface area contributed by atoms with Crippen LogP contribution < -0.4 is 0 Å². The summed E-state index contributed by atoms with van der Waals surface area (Å²) in [5.74, 6) is 0.736. The number of nitrogens with zero attached hydrogens (tertiary/aromatic N) is 3. The van der Waals surface area contributed by atoms with Gasteiger partial charge in [-0.1, -0.05) is 29.8 Å². The second-order valence-electron chi connectivity index (χ2n) is 5.61. The summed E-state index contributed by atoms with van der Waals surface area (Å²) < 4.78 is 29.2. The second-order valence-corrected chi connectivity index (χ2v) is 9.05. The molecule has 5 nitrogen and oxygen atoms in total. The van der Waals surface area contributed by atoms with Gasteiger partial charge < -0.3 is 4.57 Å². The minimum absolute atomic E-state index is 0.0887. The van der Waals surface area contributed by atoms with E-state index >= 15 is 0 Å². The van der Waals surface area contributed by atoms with Crippen molar-refractivity contribution in [2.45, 2.75) is 30.3 Å². The van der Waals surface area contributed by atoms with Gasteiger partial charge in [-0.25, -0.2) is 13.4 Å². The zero-order valence-electron chi connectivity index (χ0n) is 12.9. The van der Waals surface area contributed by atoms with Gasteiger partial charge in [0.2, 0.25) is 0 Å². The minimum Gasteiger partial charge on any atom is -0.334 e. The molecule has 1 unspecified atom stereocenters. The molecule has 0 N–H and O–H groups in total. The van der Waals surface area contributed by atoms with Crippen LogP contribution >= 0.6 is 23.4 Å². The summed E-state index contributed by atoms with van der Waals surface area (Å²) >= 11 is 7.84. The first kappa shape index (κ1) is 16.8. The molecule has 0 spiro atoms. The number of hydrogen-bond acceptors (Lipinski definition) is 4. The van der Waals surface area contributed by atoms with Crippen molar-refractivity contribution in [3.63, 3.8) is 0 Å². The van der Waals surface area contributed by atoms with Gasteiger partial charge in [0.15, 0.2) is 5.03 Å². The first-order valence-corrected chi connectivity index (χ1v) is 10.2. The van der Waals surface area contributed by atoms with Gasteiger partial charge in [0.25, 0.3) is 10.0 Å². The molecule has 124 valence electrons. The lowest BCUT2D eigenvalue weighted by molar-refractivity contribution is 0.432. The van der Waals surface area contributed by atoms with Crippen LogP contribution in [0.5, 0.6) is 0 Å². The number of aromatic nitrogens is 2. The zero-order chi connectivity index (χ0) is 16.6. The topological polar surface area (TPSA) is 55.2 Å². The third-order valence-corrected chi connectivity index (χ3v) is 7.24. The third-order valence-electron chi connectivity index (χ3n) is 3.77. The third kappa shape index (κ3) is 3.15. The molecule has 0 aliphatic carbocycles. The smallest absolute Gasteiger partial charge is 0.263 e. The van der Waals surface area contributed by atoms with E-state index < -0.39 is 10.0 Å². The Bertz CT molecular complexity index is 805. The molecule has 0 bridgehead atoms.